The Kier molecular flexibility index (Phi) is 1.65. The van der Waals surface area contributed by atoms with E-state index in [4.69, 9.17) is 0 Å². The van der Waals surface area contributed by atoms with Crippen molar-refractivity contribution < 1.29 is 0 Å². The lowest BCUT2D eigenvalue weighted by molar-refractivity contribution is 1.20. The van der Waals surface area contributed by atoms with Gasteiger partial charge in [0.25, 0.3) is 0 Å². The van der Waals surface area contributed by atoms with Crippen molar-refractivity contribution in [3.05, 3.63) is 39.8 Å². The maximum absolute atomic E-state index is 11.0. The quantitative estimate of drug-likeness (QED) is 0.657. The SMILES string of the molecule is Cc1cccc2nc(=O)[nH]c-2c1C. The predicted octanol–water partition coefficient (Wildman–Crippen LogP) is 1.49. The van der Waals surface area contributed by atoms with E-state index >= 15 is 0 Å². The Bertz CT molecular complexity index is 473. The monoisotopic (exact) mass is 174 g/mol. The highest BCUT2D eigenvalue weighted by Crippen LogP contribution is 2.20. The number of rotatable bonds is 0. The zero-order chi connectivity index (χ0) is 9.42. The van der Waals surface area contributed by atoms with Crippen LogP contribution in [0, 0.1) is 13.8 Å². The molecule has 0 fully saturated rings. The topological polar surface area (TPSA) is 45.8 Å². The number of nitrogens with zero attached hydrogens (tertiary/aromatic N) is 1. The number of hydrogen-bond donors (Lipinski definition) is 1. The molecule has 2 rings (SSSR count). The minimum atomic E-state index is -0.274. The second-order valence-corrected chi connectivity index (χ2v) is 3.14. The van der Waals surface area contributed by atoms with E-state index in [1.54, 1.807) is 0 Å². The highest BCUT2D eigenvalue weighted by molar-refractivity contribution is 5.60. The maximum atomic E-state index is 11.0. The van der Waals surface area contributed by atoms with Crippen LogP contribution in [0.15, 0.2) is 23.0 Å². The van der Waals surface area contributed by atoms with Gasteiger partial charge in [0.2, 0.25) is 0 Å². The van der Waals surface area contributed by atoms with E-state index in [2.05, 4.69) is 9.97 Å². The highest BCUT2D eigenvalue weighted by atomic mass is 16.1. The Morgan fingerprint density at radius 3 is 2.85 bits per heavy atom. The van der Waals surface area contributed by atoms with Crippen molar-refractivity contribution in [3.63, 3.8) is 0 Å². The van der Waals surface area contributed by atoms with Gasteiger partial charge in [-0.3, -0.25) is 0 Å². The first-order valence-corrected chi connectivity index (χ1v) is 4.15. The Morgan fingerprint density at radius 1 is 1.31 bits per heavy atom. The standard InChI is InChI=1S/C10H10N2O/c1-6-4-3-5-8-9(7(6)2)12-10(13)11-8/h3-5H,1-2H3,(H,11,12,13). The molecule has 1 N–H and O–H groups in total. The van der Waals surface area contributed by atoms with Gasteiger partial charge in [-0.15, -0.1) is 0 Å². The Balaban J connectivity index is 2.89. The number of aromatic amines is 1. The third kappa shape index (κ3) is 1.22. The number of nitrogens with one attached hydrogen (secondary N) is 1. The predicted molar refractivity (Wildman–Crippen MR) is 51.0 cm³/mol. The molecule has 0 aromatic rings. The summed E-state index contributed by atoms with van der Waals surface area (Å²) in [6.45, 7) is 4.00. The lowest BCUT2D eigenvalue weighted by atomic mass is 10.1. The number of hydrogen-bond acceptors (Lipinski definition) is 2. The fourth-order valence-electron chi connectivity index (χ4n) is 1.38. The molecule has 3 heteroatoms. The second-order valence-electron chi connectivity index (χ2n) is 3.14. The normalized spacial score (nSPS) is 10.6. The zero-order valence-corrected chi connectivity index (χ0v) is 7.59. The van der Waals surface area contributed by atoms with E-state index in [1.165, 1.54) is 0 Å². The summed E-state index contributed by atoms with van der Waals surface area (Å²) in [4.78, 5) is 17.6. The van der Waals surface area contributed by atoms with Crippen molar-refractivity contribution in [2.75, 3.05) is 0 Å². The van der Waals surface area contributed by atoms with Crippen molar-refractivity contribution in [1.82, 2.24) is 9.97 Å². The number of H-pyrrole nitrogens is 1. The van der Waals surface area contributed by atoms with Gasteiger partial charge in [0.05, 0.1) is 11.4 Å². The van der Waals surface area contributed by atoms with Gasteiger partial charge in [-0.2, -0.15) is 4.98 Å². The maximum Gasteiger partial charge on any atom is 0.346 e. The van der Waals surface area contributed by atoms with Gasteiger partial charge in [-0.1, -0.05) is 12.1 Å². The average Bonchev–Trinajstić information content (AvgIpc) is 2.40. The van der Waals surface area contributed by atoms with Crippen LogP contribution in [0.3, 0.4) is 0 Å². The van der Waals surface area contributed by atoms with E-state index in [0.29, 0.717) is 0 Å². The lowest BCUT2D eigenvalue weighted by Gasteiger charge is -1.96. The fraction of sp³-hybridized carbons (Fsp3) is 0.200. The zero-order valence-electron chi connectivity index (χ0n) is 7.59. The van der Waals surface area contributed by atoms with Crippen LogP contribution >= 0.6 is 0 Å². The van der Waals surface area contributed by atoms with E-state index in [9.17, 15) is 4.79 Å². The van der Waals surface area contributed by atoms with E-state index in [-0.39, 0.29) is 5.69 Å². The van der Waals surface area contributed by atoms with E-state index in [0.717, 1.165) is 22.5 Å². The Labute approximate surface area is 75.8 Å². The molecular formula is C10H10N2O. The molecule has 66 valence electrons. The van der Waals surface area contributed by atoms with Crippen LogP contribution in [0.5, 0.6) is 0 Å². The van der Waals surface area contributed by atoms with Crippen LogP contribution in [0.4, 0.5) is 0 Å². The van der Waals surface area contributed by atoms with Crippen LogP contribution in [0.2, 0.25) is 0 Å². The molecule has 0 saturated heterocycles. The highest BCUT2D eigenvalue weighted by Gasteiger charge is 2.08. The molecule has 0 aromatic carbocycles. The largest absolute Gasteiger partial charge is 0.346 e. The molecule has 0 radical (unpaired) electrons. The van der Waals surface area contributed by atoms with Crippen LogP contribution in [-0.4, -0.2) is 9.97 Å². The summed E-state index contributed by atoms with van der Waals surface area (Å²) < 4.78 is 0. The second kappa shape index (κ2) is 2.69. The first-order chi connectivity index (χ1) is 6.18. The Morgan fingerprint density at radius 2 is 2.08 bits per heavy atom. The number of aryl methyl sites for hydroxylation is 1. The van der Waals surface area contributed by atoms with Gasteiger partial charge in [0, 0.05) is 0 Å². The van der Waals surface area contributed by atoms with Gasteiger partial charge in [0.1, 0.15) is 0 Å². The third-order valence-electron chi connectivity index (χ3n) is 2.28. The molecule has 0 unspecified atom stereocenters. The van der Waals surface area contributed by atoms with Gasteiger partial charge in [-0.05, 0) is 31.0 Å². The number of fused-ring (bicyclic) bond motifs is 1. The summed E-state index contributed by atoms with van der Waals surface area (Å²) in [6.07, 6.45) is 0. The first-order valence-electron chi connectivity index (χ1n) is 4.15. The van der Waals surface area contributed by atoms with Crippen LogP contribution in [0.1, 0.15) is 11.1 Å². The number of imidazole rings is 1. The van der Waals surface area contributed by atoms with E-state index in [1.807, 2.05) is 32.0 Å². The molecule has 0 amide bonds. The van der Waals surface area contributed by atoms with Gasteiger partial charge in [-0.25, -0.2) is 4.79 Å². The average molecular weight is 174 g/mol. The van der Waals surface area contributed by atoms with Crippen LogP contribution in [0.25, 0.3) is 11.4 Å². The summed E-state index contributed by atoms with van der Waals surface area (Å²) in [7, 11) is 0. The van der Waals surface area contributed by atoms with Crippen molar-refractivity contribution in [2.45, 2.75) is 13.8 Å². The Hall–Kier alpha value is -1.64. The minimum Gasteiger partial charge on any atom is -0.304 e. The first kappa shape index (κ1) is 7.98. The van der Waals surface area contributed by atoms with Crippen LogP contribution in [-0.2, 0) is 0 Å². The molecule has 0 bridgehead atoms. The molecular weight excluding hydrogens is 164 g/mol. The fourth-order valence-corrected chi connectivity index (χ4v) is 1.38. The van der Waals surface area contributed by atoms with Gasteiger partial charge < -0.3 is 4.98 Å². The molecule has 0 atom stereocenters. The third-order valence-corrected chi connectivity index (χ3v) is 2.28. The molecule has 13 heavy (non-hydrogen) atoms. The summed E-state index contributed by atoms with van der Waals surface area (Å²) in [5.41, 5.74) is 3.53. The smallest absolute Gasteiger partial charge is 0.304 e. The lowest BCUT2D eigenvalue weighted by Crippen LogP contribution is -1.99. The van der Waals surface area contributed by atoms with Crippen LogP contribution < -0.4 is 5.69 Å². The summed E-state index contributed by atoms with van der Waals surface area (Å²) in [5, 5.41) is 0. The molecule has 0 spiro atoms. The molecule has 3 nitrogen and oxygen atoms in total. The summed E-state index contributed by atoms with van der Waals surface area (Å²) in [5.74, 6) is 0. The molecule has 1 heterocycles. The van der Waals surface area contributed by atoms with Crippen molar-refractivity contribution >= 4 is 0 Å². The summed E-state index contributed by atoms with van der Waals surface area (Å²) >= 11 is 0. The van der Waals surface area contributed by atoms with Crippen molar-refractivity contribution in [3.8, 4) is 11.4 Å². The summed E-state index contributed by atoms with van der Waals surface area (Å²) in [6, 6.07) is 5.76. The molecule has 2 aliphatic rings. The van der Waals surface area contributed by atoms with Gasteiger partial charge in [0.15, 0.2) is 0 Å². The molecule has 1 aliphatic carbocycles. The van der Waals surface area contributed by atoms with Crippen molar-refractivity contribution in [2.24, 2.45) is 0 Å². The molecule has 0 saturated carbocycles. The minimum absolute atomic E-state index is 0.274. The number of aromatic nitrogens is 2. The van der Waals surface area contributed by atoms with Gasteiger partial charge >= 0.3 is 5.69 Å². The molecule has 1 aliphatic heterocycles. The van der Waals surface area contributed by atoms with E-state index < -0.39 is 0 Å². The molecule has 0 aromatic heterocycles. The van der Waals surface area contributed by atoms with Crippen molar-refractivity contribution in [1.29, 1.82) is 0 Å².